The van der Waals surface area contributed by atoms with Gasteiger partial charge in [0.05, 0.1) is 11.4 Å². The Bertz CT molecular complexity index is 683. The zero-order valence-corrected chi connectivity index (χ0v) is 15.2. The van der Waals surface area contributed by atoms with Crippen LogP contribution in [0.3, 0.4) is 0 Å². The number of aromatic amines is 1. The van der Waals surface area contributed by atoms with Crippen LogP contribution in [0.5, 0.6) is 0 Å². The maximum Gasteiger partial charge on any atom is 0.131 e. The van der Waals surface area contributed by atoms with E-state index in [-0.39, 0.29) is 0 Å². The molecule has 0 atom stereocenters. The summed E-state index contributed by atoms with van der Waals surface area (Å²) >= 11 is 6.39. The average Bonchev–Trinajstić information content (AvgIpc) is 3.05. The molecule has 0 amide bonds. The first kappa shape index (κ1) is 16.5. The lowest BCUT2D eigenvalue weighted by molar-refractivity contribution is 0.243. The number of nitrogens with zero attached hydrogens (tertiary/aromatic N) is 4. The van der Waals surface area contributed by atoms with Crippen molar-refractivity contribution >= 4 is 11.6 Å². The molecule has 0 saturated heterocycles. The third-order valence-corrected chi connectivity index (χ3v) is 5.54. The molecule has 0 bridgehead atoms. The molecule has 3 rings (SSSR count). The molecule has 1 aliphatic rings. The largest absolute Gasteiger partial charge is 0.294 e. The first-order chi connectivity index (χ1) is 11.0. The van der Waals surface area contributed by atoms with Crippen LogP contribution < -0.4 is 0 Å². The fourth-order valence-electron chi connectivity index (χ4n) is 3.60. The van der Waals surface area contributed by atoms with Crippen LogP contribution in [-0.4, -0.2) is 31.4 Å². The topological polar surface area (TPSA) is 49.7 Å². The summed E-state index contributed by atoms with van der Waals surface area (Å²) in [5.74, 6) is 0.554. The van der Waals surface area contributed by atoms with Gasteiger partial charge in [0.15, 0.2) is 0 Å². The molecule has 0 fully saturated rings. The molecule has 2 aromatic heterocycles. The van der Waals surface area contributed by atoms with Gasteiger partial charge >= 0.3 is 0 Å². The van der Waals surface area contributed by atoms with Gasteiger partial charge in [0, 0.05) is 55.8 Å². The molecular formula is C17H26ClN5. The van der Waals surface area contributed by atoms with Crippen molar-refractivity contribution in [1.82, 2.24) is 24.9 Å². The number of hydrogen-bond donors (Lipinski definition) is 1. The second-order valence-electron chi connectivity index (χ2n) is 6.52. The van der Waals surface area contributed by atoms with E-state index in [0.29, 0.717) is 5.92 Å². The number of hydrogen-bond acceptors (Lipinski definition) is 3. The van der Waals surface area contributed by atoms with Gasteiger partial charge in [0.25, 0.3) is 0 Å². The second kappa shape index (κ2) is 6.65. The molecule has 1 N–H and O–H groups in total. The zero-order chi connectivity index (χ0) is 16.6. The van der Waals surface area contributed by atoms with Crippen LogP contribution in [0.4, 0.5) is 0 Å². The van der Waals surface area contributed by atoms with Gasteiger partial charge in [-0.05, 0) is 19.8 Å². The molecule has 126 valence electrons. The molecule has 2 aromatic rings. The third-order valence-electron chi connectivity index (χ3n) is 5.07. The predicted molar refractivity (Wildman–Crippen MR) is 92.7 cm³/mol. The lowest BCUT2D eigenvalue weighted by Gasteiger charge is -2.27. The number of rotatable bonds is 5. The Morgan fingerprint density at radius 3 is 2.65 bits per heavy atom. The number of aromatic nitrogens is 4. The van der Waals surface area contributed by atoms with Gasteiger partial charge in [-0.15, -0.1) is 0 Å². The summed E-state index contributed by atoms with van der Waals surface area (Å²) in [7, 11) is 1.90. The number of fused-ring (bicyclic) bond motifs is 1. The normalized spacial score (nSPS) is 15.4. The van der Waals surface area contributed by atoms with Crippen LogP contribution in [0.1, 0.15) is 60.8 Å². The van der Waals surface area contributed by atoms with Crippen molar-refractivity contribution in [3.05, 3.63) is 33.4 Å². The summed E-state index contributed by atoms with van der Waals surface area (Å²) in [5, 5.41) is 13.1. The lowest BCUT2D eigenvalue weighted by atomic mass is 9.93. The standard InChI is InChI=1S/C17H26ClN5/c1-5-12(6-2)16-14-10-23(8-7-15(14)19-20-16)9-13-11(3)21-22(4)17(13)18/h12H,5-10H2,1-4H3,(H,19,20). The Morgan fingerprint density at radius 2 is 2.04 bits per heavy atom. The maximum atomic E-state index is 6.39. The monoisotopic (exact) mass is 335 g/mol. The van der Waals surface area contributed by atoms with Crippen LogP contribution >= 0.6 is 11.6 Å². The quantitative estimate of drug-likeness (QED) is 0.908. The highest BCUT2D eigenvalue weighted by Gasteiger charge is 2.26. The molecule has 1 aliphatic heterocycles. The highest BCUT2D eigenvalue weighted by molar-refractivity contribution is 6.30. The van der Waals surface area contributed by atoms with E-state index in [2.05, 4.69) is 34.0 Å². The molecule has 0 aromatic carbocycles. The van der Waals surface area contributed by atoms with Crippen molar-refractivity contribution in [2.24, 2.45) is 7.05 Å². The molecule has 0 unspecified atom stereocenters. The van der Waals surface area contributed by atoms with Crippen molar-refractivity contribution in [1.29, 1.82) is 0 Å². The summed E-state index contributed by atoms with van der Waals surface area (Å²) in [6.07, 6.45) is 3.31. The summed E-state index contributed by atoms with van der Waals surface area (Å²) in [6, 6.07) is 0. The van der Waals surface area contributed by atoms with Crippen LogP contribution in [0.2, 0.25) is 5.15 Å². The van der Waals surface area contributed by atoms with Gasteiger partial charge in [-0.3, -0.25) is 14.7 Å². The van der Waals surface area contributed by atoms with Gasteiger partial charge in [-0.25, -0.2) is 0 Å². The van der Waals surface area contributed by atoms with E-state index >= 15 is 0 Å². The fraction of sp³-hybridized carbons (Fsp3) is 0.647. The predicted octanol–water partition coefficient (Wildman–Crippen LogP) is 3.57. The first-order valence-corrected chi connectivity index (χ1v) is 8.89. The summed E-state index contributed by atoms with van der Waals surface area (Å²) in [5.41, 5.74) is 6.16. The van der Waals surface area contributed by atoms with E-state index in [1.807, 2.05) is 14.0 Å². The molecule has 0 radical (unpaired) electrons. The van der Waals surface area contributed by atoms with E-state index in [4.69, 9.17) is 11.6 Å². The van der Waals surface area contributed by atoms with Crippen molar-refractivity contribution in [3.63, 3.8) is 0 Å². The van der Waals surface area contributed by atoms with E-state index < -0.39 is 0 Å². The molecule has 0 saturated carbocycles. The Labute approximate surface area is 143 Å². The van der Waals surface area contributed by atoms with E-state index in [0.717, 1.165) is 55.3 Å². The number of halogens is 1. The number of aryl methyl sites for hydroxylation is 2. The lowest BCUT2D eigenvalue weighted by Crippen LogP contribution is -2.30. The van der Waals surface area contributed by atoms with Crippen molar-refractivity contribution in [3.8, 4) is 0 Å². The highest BCUT2D eigenvalue weighted by atomic mass is 35.5. The minimum Gasteiger partial charge on any atom is -0.294 e. The summed E-state index contributed by atoms with van der Waals surface area (Å²) < 4.78 is 1.76. The highest BCUT2D eigenvalue weighted by Crippen LogP contribution is 2.31. The second-order valence-corrected chi connectivity index (χ2v) is 6.88. The Balaban J connectivity index is 1.81. The summed E-state index contributed by atoms with van der Waals surface area (Å²) in [6.45, 7) is 9.35. The van der Waals surface area contributed by atoms with Gasteiger partial charge in [0.2, 0.25) is 0 Å². The van der Waals surface area contributed by atoms with Crippen LogP contribution in [-0.2, 0) is 26.6 Å². The maximum absolute atomic E-state index is 6.39. The van der Waals surface area contributed by atoms with Gasteiger partial charge in [-0.1, -0.05) is 25.4 Å². The minimum absolute atomic E-state index is 0.554. The summed E-state index contributed by atoms with van der Waals surface area (Å²) in [4.78, 5) is 2.46. The number of H-pyrrole nitrogens is 1. The van der Waals surface area contributed by atoms with Gasteiger partial charge < -0.3 is 0 Å². The number of nitrogens with one attached hydrogen (secondary N) is 1. The molecular weight excluding hydrogens is 310 g/mol. The molecule has 0 aliphatic carbocycles. The van der Waals surface area contributed by atoms with E-state index in [9.17, 15) is 0 Å². The molecule has 0 spiro atoms. The molecule has 23 heavy (non-hydrogen) atoms. The minimum atomic E-state index is 0.554. The molecule has 3 heterocycles. The zero-order valence-electron chi connectivity index (χ0n) is 14.5. The van der Waals surface area contributed by atoms with Gasteiger partial charge in [0.1, 0.15) is 5.15 Å². The third kappa shape index (κ3) is 3.04. The van der Waals surface area contributed by atoms with Crippen LogP contribution in [0.25, 0.3) is 0 Å². The first-order valence-electron chi connectivity index (χ1n) is 8.51. The van der Waals surface area contributed by atoms with Gasteiger partial charge in [-0.2, -0.15) is 10.2 Å². The van der Waals surface area contributed by atoms with E-state index in [1.54, 1.807) is 4.68 Å². The van der Waals surface area contributed by atoms with Crippen molar-refractivity contribution in [2.45, 2.75) is 59.0 Å². The van der Waals surface area contributed by atoms with Crippen molar-refractivity contribution in [2.75, 3.05) is 6.54 Å². The Morgan fingerprint density at radius 1 is 1.30 bits per heavy atom. The average molecular weight is 336 g/mol. The van der Waals surface area contributed by atoms with Crippen molar-refractivity contribution < 1.29 is 0 Å². The van der Waals surface area contributed by atoms with Crippen LogP contribution in [0, 0.1) is 6.92 Å². The van der Waals surface area contributed by atoms with E-state index in [1.165, 1.54) is 17.0 Å². The molecule has 5 nitrogen and oxygen atoms in total. The Hall–Kier alpha value is -1.33. The van der Waals surface area contributed by atoms with Crippen LogP contribution in [0.15, 0.2) is 0 Å². The Kier molecular flexibility index (Phi) is 4.78. The SMILES string of the molecule is CCC(CC)c1n[nH]c2c1CN(Cc1c(C)nn(C)c1Cl)CC2. The smallest absolute Gasteiger partial charge is 0.131 e. The molecule has 6 heteroatoms. The fourth-order valence-corrected chi connectivity index (χ4v) is 3.83.